The molecule has 0 radical (unpaired) electrons. The van der Waals surface area contributed by atoms with Gasteiger partial charge in [0, 0.05) is 36.5 Å². The highest BCUT2D eigenvalue weighted by molar-refractivity contribution is 5.76. The summed E-state index contributed by atoms with van der Waals surface area (Å²) in [5, 5.41) is 4.70. The van der Waals surface area contributed by atoms with Crippen LogP contribution < -0.4 is 5.73 Å². The molecule has 106 valence electrons. The van der Waals surface area contributed by atoms with Crippen molar-refractivity contribution in [3.05, 3.63) is 30.2 Å². The molecule has 0 atom stereocenters. The maximum atomic E-state index is 6.24. The van der Waals surface area contributed by atoms with Gasteiger partial charge < -0.3 is 5.73 Å². The van der Waals surface area contributed by atoms with Crippen molar-refractivity contribution in [1.82, 2.24) is 14.8 Å². The van der Waals surface area contributed by atoms with Crippen molar-refractivity contribution >= 4 is 5.82 Å². The number of pyridine rings is 1. The second-order valence-electron chi connectivity index (χ2n) is 5.97. The summed E-state index contributed by atoms with van der Waals surface area (Å²) in [4.78, 5) is 4.22. The van der Waals surface area contributed by atoms with Crippen LogP contribution in [-0.4, -0.2) is 14.8 Å². The molecule has 0 saturated heterocycles. The average Bonchev–Trinajstić information content (AvgIpc) is 2.77. The van der Waals surface area contributed by atoms with Crippen LogP contribution in [0.4, 0.5) is 5.82 Å². The molecule has 0 aliphatic heterocycles. The van der Waals surface area contributed by atoms with Crippen LogP contribution in [-0.2, 0) is 7.05 Å². The fraction of sp³-hybridized carbons (Fsp3) is 0.500. The molecule has 1 aliphatic rings. The molecule has 0 aromatic carbocycles. The lowest BCUT2D eigenvalue weighted by atomic mass is 9.80. The normalized spacial score (nSPS) is 22.9. The van der Waals surface area contributed by atoms with Crippen LogP contribution in [0.15, 0.2) is 24.5 Å². The fourth-order valence-corrected chi connectivity index (χ4v) is 3.18. The first-order valence-electron chi connectivity index (χ1n) is 7.39. The Labute approximate surface area is 120 Å². The van der Waals surface area contributed by atoms with Crippen LogP contribution in [0.3, 0.4) is 0 Å². The van der Waals surface area contributed by atoms with Gasteiger partial charge in [-0.05, 0) is 24.8 Å². The lowest BCUT2D eigenvalue weighted by Gasteiger charge is -2.25. The first-order chi connectivity index (χ1) is 9.66. The number of hydrogen-bond donors (Lipinski definition) is 1. The van der Waals surface area contributed by atoms with Gasteiger partial charge in [-0.1, -0.05) is 25.8 Å². The van der Waals surface area contributed by atoms with Gasteiger partial charge in [0.15, 0.2) is 0 Å². The Bertz CT molecular complexity index is 580. The minimum Gasteiger partial charge on any atom is -0.383 e. The van der Waals surface area contributed by atoms with Crippen LogP contribution in [0.2, 0.25) is 0 Å². The quantitative estimate of drug-likeness (QED) is 0.910. The van der Waals surface area contributed by atoms with E-state index in [0.29, 0.717) is 5.92 Å². The number of nitrogens with zero attached hydrogens (tertiary/aromatic N) is 3. The van der Waals surface area contributed by atoms with E-state index < -0.39 is 0 Å². The Morgan fingerprint density at radius 1 is 1.25 bits per heavy atom. The number of aryl methyl sites for hydroxylation is 1. The Balaban J connectivity index is 2.01. The minimum atomic E-state index is 0.532. The van der Waals surface area contributed by atoms with E-state index in [0.717, 1.165) is 28.6 Å². The van der Waals surface area contributed by atoms with Crippen LogP contribution in [0, 0.1) is 5.92 Å². The standard InChI is InChI=1S/C16H22N4/c1-11-5-7-12(8-6-11)15-14(16(17)20(2)19-15)13-4-3-9-18-10-13/h3-4,9-12H,5-8,17H2,1-2H3. The summed E-state index contributed by atoms with van der Waals surface area (Å²) in [6.07, 6.45) is 8.66. The molecule has 2 aromatic heterocycles. The smallest absolute Gasteiger partial charge is 0.129 e. The van der Waals surface area contributed by atoms with E-state index >= 15 is 0 Å². The molecule has 1 aliphatic carbocycles. The van der Waals surface area contributed by atoms with Crippen LogP contribution in [0.5, 0.6) is 0 Å². The summed E-state index contributed by atoms with van der Waals surface area (Å²) in [6, 6.07) is 4.02. The molecule has 20 heavy (non-hydrogen) atoms. The van der Waals surface area contributed by atoms with E-state index in [9.17, 15) is 0 Å². The van der Waals surface area contributed by atoms with Crippen molar-refractivity contribution < 1.29 is 0 Å². The molecule has 1 saturated carbocycles. The topological polar surface area (TPSA) is 56.7 Å². The van der Waals surface area contributed by atoms with E-state index in [1.807, 2.05) is 19.3 Å². The second-order valence-corrected chi connectivity index (χ2v) is 5.97. The molecule has 0 unspecified atom stereocenters. The van der Waals surface area contributed by atoms with E-state index in [1.165, 1.54) is 25.7 Å². The van der Waals surface area contributed by atoms with Crippen molar-refractivity contribution in [3.63, 3.8) is 0 Å². The molecule has 4 heteroatoms. The number of hydrogen-bond acceptors (Lipinski definition) is 3. The zero-order valence-corrected chi connectivity index (χ0v) is 12.2. The van der Waals surface area contributed by atoms with Crippen molar-refractivity contribution in [2.45, 2.75) is 38.5 Å². The van der Waals surface area contributed by atoms with Gasteiger partial charge in [-0.25, -0.2) is 0 Å². The highest BCUT2D eigenvalue weighted by atomic mass is 15.3. The summed E-state index contributed by atoms with van der Waals surface area (Å²) in [5.74, 6) is 2.12. The van der Waals surface area contributed by atoms with E-state index in [4.69, 9.17) is 10.8 Å². The van der Waals surface area contributed by atoms with Gasteiger partial charge >= 0.3 is 0 Å². The predicted molar refractivity (Wildman–Crippen MR) is 81.2 cm³/mol. The van der Waals surface area contributed by atoms with E-state index in [2.05, 4.69) is 18.0 Å². The Morgan fingerprint density at radius 2 is 2.00 bits per heavy atom. The molecule has 4 nitrogen and oxygen atoms in total. The van der Waals surface area contributed by atoms with Crippen LogP contribution >= 0.6 is 0 Å². The lowest BCUT2D eigenvalue weighted by molar-refractivity contribution is 0.343. The van der Waals surface area contributed by atoms with Crippen LogP contribution in [0.1, 0.15) is 44.2 Å². The van der Waals surface area contributed by atoms with Crippen molar-refractivity contribution in [2.75, 3.05) is 5.73 Å². The number of aromatic nitrogens is 3. The molecular weight excluding hydrogens is 248 g/mol. The second kappa shape index (κ2) is 5.27. The van der Waals surface area contributed by atoms with E-state index in [-0.39, 0.29) is 0 Å². The summed E-state index contributed by atoms with van der Waals surface area (Å²) >= 11 is 0. The third-order valence-electron chi connectivity index (χ3n) is 4.47. The summed E-state index contributed by atoms with van der Waals surface area (Å²) in [6.45, 7) is 2.34. The highest BCUT2D eigenvalue weighted by Gasteiger charge is 2.26. The largest absolute Gasteiger partial charge is 0.383 e. The maximum absolute atomic E-state index is 6.24. The molecule has 2 aromatic rings. The number of nitrogen functional groups attached to an aromatic ring is 1. The molecule has 0 amide bonds. The molecule has 3 rings (SSSR count). The van der Waals surface area contributed by atoms with E-state index in [1.54, 1.807) is 10.9 Å². The summed E-state index contributed by atoms with van der Waals surface area (Å²) in [7, 11) is 1.92. The first kappa shape index (κ1) is 13.2. The first-order valence-corrected chi connectivity index (χ1v) is 7.39. The highest BCUT2D eigenvalue weighted by Crippen LogP contribution is 2.41. The number of nitrogens with two attached hydrogens (primary N) is 1. The van der Waals surface area contributed by atoms with Gasteiger partial charge in [-0.2, -0.15) is 5.10 Å². The summed E-state index contributed by atoms with van der Waals surface area (Å²) < 4.78 is 1.80. The third kappa shape index (κ3) is 2.30. The Morgan fingerprint density at radius 3 is 2.65 bits per heavy atom. The number of rotatable bonds is 2. The van der Waals surface area contributed by atoms with Gasteiger partial charge in [0.2, 0.25) is 0 Å². The molecule has 2 N–H and O–H groups in total. The zero-order chi connectivity index (χ0) is 14.1. The average molecular weight is 270 g/mol. The van der Waals surface area contributed by atoms with Gasteiger partial charge in [-0.15, -0.1) is 0 Å². The van der Waals surface area contributed by atoms with Gasteiger partial charge in [-0.3, -0.25) is 9.67 Å². The molecule has 0 bridgehead atoms. The molecule has 1 fully saturated rings. The van der Waals surface area contributed by atoms with Crippen molar-refractivity contribution in [3.8, 4) is 11.1 Å². The van der Waals surface area contributed by atoms with Crippen LogP contribution in [0.25, 0.3) is 11.1 Å². The Kier molecular flexibility index (Phi) is 3.47. The van der Waals surface area contributed by atoms with Crippen molar-refractivity contribution in [1.29, 1.82) is 0 Å². The number of anilines is 1. The molecular formula is C16H22N4. The van der Waals surface area contributed by atoms with Crippen molar-refractivity contribution in [2.24, 2.45) is 13.0 Å². The molecule has 2 heterocycles. The maximum Gasteiger partial charge on any atom is 0.129 e. The zero-order valence-electron chi connectivity index (χ0n) is 12.2. The third-order valence-corrected chi connectivity index (χ3v) is 4.47. The SMILES string of the molecule is CC1CCC(c2nn(C)c(N)c2-c2cccnc2)CC1. The molecule has 0 spiro atoms. The summed E-state index contributed by atoms with van der Waals surface area (Å²) in [5.41, 5.74) is 9.56. The predicted octanol–water partition coefficient (Wildman–Crippen LogP) is 3.36. The Hall–Kier alpha value is -1.84. The van der Waals surface area contributed by atoms with Gasteiger partial charge in [0.25, 0.3) is 0 Å². The fourth-order valence-electron chi connectivity index (χ4n) is 3.18. The van der Waals surface area contributed by atoms with Gasteiger partial charge in [0.1, 0.15) is 5.82 Å². The minimum absolute atomic E-state index is 0.532. The lowest BCUT2D eigenvalue weighted by Crippen LogP contribution is -2.12. The monoisotopic (exact) mass is 270 g/mol. The van der Waals surface area contributed by atoms with Gasteiger partial charge in [0.05, 0.1) is 5.69 Å².